The summed E-state index contributed by atoms with van der Waals surface area (Å²) in [6, 6.07) is 5.68. The van der Waals surface area contributed by atoms with E-state index in [1.54, 1.807) is 0 Å². The molecule has 33 heavy (non-hydrogen) atoms. The fourth-order valence-corrected chi connectivity index (χ4v) is 3.97. The molecule has 0 radical (unpaired) electrons. The number of ether oxygens (including phenoxy) is 2. The summed E-state index contributed by atoms with van der Waals surface area (Å²) in [6.45, 7) is 1.09. The standard InChI is InChI=1S/C19H26N6O7S/c1-11(32-24-19(21)22)16(17(20)26)25-8-4-5-12(18(25)27)10-23-33(28,29)13-6-7-14(30-2)15(9-13)31-3/h4-9,11,16,23H,10H2,1-3H3,(H2,20,26)(H4,21,22,24). The fourth-order valence-electron chi connectivity index (χ4n) is 2.95. The minimum atomic E-state index is -4.01. The van der Waals surface area contributed by atoms with Crippen LogP contribution in [0.1, 0.15) is 18.5 Å². The van der Waals surface area contributed by atoms with Gasteiger partial charge >= 0.3 is 0 Å². The largest absolute Gasteiger partial charge is 0.493 e. The smallest absolute Gasteiger partial charge is 0.255 e. The lowest BCUT2D eigenvalue weighted by molar-refractivity contribution is -0.125. The van der Waals surface area contributed by atoms with Crippen LogP contribution in [0.4, 0.5) is 0 Å². The van der Waals surface area contributed by atoms with Gasteiger partial charge in [0.1, 0.15) is 0 Å². The molecule has 0 aliphatic carbocycles. The number of primary amides is 1. The van der Waals surface area contributed by atoms with Crippen molar-refractivity contribution >= 4 is 21.9 Å². The number of carbonyl (C=O) groups is 1. The molecule has 1 aromatic heterocycles. The number of oxime groups is 1. The summed E-state index contributed by atoms with van der Waals surface area (Å²) in [5, 5.41) is 3.37. The van der Waals surface area contributed by atoms with Crippen molar-refractivity contribution in [3.8, 4) is 11.5 Å². The fraction of sp³-hybridized carbons (Fsp3) is 0.316. The van der Waals surface area contributed by atoms with E-state index in [1.165, 1.54) is 57.7 Å². The van der Waals surface area contributed by atoms with Gasteiger partial charge in [-0.15, -0.1) is 0 Å². The average molecular weight is 483 g/mol. The Labute approximate surface area is 190 Å². The van der Waals surface area contributed by atoms with Gasteiger partial charge < -0.3 is 31.5 Å². The van der Waals surface area contributed by atoms with E-state index in [4.69, 9.17) is 31.5 Å². The van der Waals surface area contributed by atoms with Gasteiger partial charge in [0.05, 0.1) is 19.1 Å². The summed E-state index contributed by atoms with van der Waals surface area (Å²) in [4.78, 5) is 29.9. The lowest BCUT2D eigenvalue weighted by Gasteiger charge is -2.22. The first-order valence-corrected chi connectivity index (χ1v) is 11.0. The molecule has 0 spiro atoms. The highest BCUT2D eigenvalue weighted by Gasteiger charge is 2.28. The van der Waals surface area contributed by atoms with Crippen molar-refractivity contribution in [1.82, 2.24) is 9.29 Å². The molecule has 2 atom stereocenters. The van der Waals surface area contributed by atoms with Crippen LogP contribution in [0.2, 0.25) is 0 Å². The van der Waals surface area contributed by atoms with E-state index < -0.39 is 33.6 Å². The quantitative estimate of drug-likeness (QED) is 0.175. The molecule has 180 valence electrons. The maximum absolute atomic E-state index is 12.9. The molecular formula is C19H26N6O7S. The number of nitrogens with one attached hydrogen (secondary N) is 1. The third kappa shape index (κ3) is 6.14. The van der Waals surface area contributed by atoms with Crippen molar-refractivity contribution in [2.75, 3.05) is 14.2 Å². The van der Waals surface area contributed by atoms with Gasteiger partial charge in [-0.05, 0) is 30.3 Å². The summed E-state index contributed by atoms with van der Waals surface area (Å²) in [7, 11) is -1.21. The van der Waals surface area contributed by atoms with Crippen LogP contribution in [0, 0.1) is 0 Å². The topological polar surface area (TPSA) is 203 Å². The first-order chi connectivity index (χ1) is 15.5. The normalized spacial score (nSPS) is 12.9. The summed E-state index contributed by atoms with van der Waals surface area (Å²) < 4.78 is 39.0. The van der Waals surface area contributed by atoms with Gasteiger partial charge in [-0.3, -0.25) is 14.2 Å². The van der Waals surface area contributed by atoms with Gasteiger partial charge in [0, 0.05) is 24.4 Å². The van der Waals surface area contributed by atoms with Gasteiger partial charge in [-0.1, -0.05) is 6.07 Å². The lowest BCUT2D eigenvalue weighted by Crippen LogP contribution is -2.42. The van der Waals surface area contributed by atoms with E-state index >= 15 is 0 Å². The lowest BCUT2D eigenvalue weighted by atomic mass is 10.1. The molecule has 0 bridgehead atoms. The number of methoxy groups -OCH3 is 2. The molecule has 0 saturated carbocycles. The number of aromatic nitrogens is 1. The number of nitrogens with zero attached hydrogens (tertiary/aromatic N) is 2. The second kappa shape index (κ2) is 10.7. The molecule has 2 unspecified atom stereocenters. The molecule has 0 aliphatic rings. The van der Waals surface area contributed by atoms with E-state index in [0.29, 0.717) is 5.75 Å². The molecule has 0 saturated heterocycles. The van der Waals surface area contributed by atoms with Crippen LogP contribution in [0.3, 0.4) is 0 Å². The van der Waals surface area contributed by atoms with Crippen molar-refractivity contribution in [2.24, 2.45) is 22.4 Å². The maximum Gasteiger partial charge on any atom is 0.255 e. The second-order valence-corrected chi connectivity index (χ2v) is 8.53. The number of guanidine groups is 1. The number of sulfonamides is 1. The third-order valence-corrected chi connectivity index (χ3v) is 5.93. The molecule has 0 aliphatic heterocycles. The first-order valence-electron chi connectivity index (χ1n) is 9.47. The number of rotatable bonds is 11. The predicted octanol–water partition coefficient (Wildman–Crippen LogP) is -1.04. The SMILES string of the molecule is COc1ccc(S(=O)(=O)NCc2cccn(C(C(N)=O)C(C)ON=C(N)N)c2=O)cc1OC. The molecule has 0 fully saturated rings. The van der Waals surface area contributed by atoms with E-state index in [0.717, 1.165) is 4.57 Å². The molecular weight excluding hydrogens is 456 g/mol. The molecule has 1 aromatic carbocycles. The Hall–Kier alpha value is -3.78. The molecule has 2 aromatic rings. The van der Waals surface area contributed by atoms with E-state index in [2.05, 4.69) is 9.88 Å². The Kier molecular flexibility index (Phi) is 8.26. The monoisotopic (exact) mass is 482 g/mol. The first kappa shape index (κ1) is 25.5. The van der Waals surface area contributed by atoms with Crippen molar-refractivity contribution < 1.29 is 27.5 Å². The minimum Gasteiger partial charge on any atom is -0.493 e. The van der Waals surface area contributed by atoms with Crippen molar-refractivity contribution in [2.45, 2.75) is 30.5 Å². The number of nitrogens with two attached hydrogens (primary N) is 3. The van der Waals surface area contributed by atoms with Crippen LogP contribution in [0.25, 0.3) is 0 Å². The third-order valence-electron chi connectivity index (χ3n) is 4.53. The Bertz CT molecular complexity index is 1190. The van der Waals surface area contributed by atoms with E-state index in [9.17, 15) is 18.0 Å². The summed E-state index contributed by atoms with van der Waals surface area (Å²) in [5.74, 6) is -0.673. The molecule has 14 heteroatoms. The Morgan fingerprint density at radius 3 is 2.39 bits per heavy atom. The average Bonchev–Trinajstić information content (AvgIpc) is 2.77. The highest BCUT2D eigenvalue weighted by molar-refractivity contribution is 7.89. The van der Waals surface area contributed by atoms with Gasteiger partial charge in [0.15, 0.2) is 23.6 Å². The maximum atomic E-state index is 12.9. The summed E-state index contributed by atoms with van der Waals surface area (Å²) >= 11 is 0. The Balaban J connectivity index is 2.31. The number of hydrogen-bond acceptors (Lipinski definition) is 8. The zero-order valence-corrected chi connectivity index (χ0v) is 19.0. The van der Waals surface area contributed by atoms with Gasteiger partial charge in [-0.2, -0.15) is 0 Å². The Morgan fingerprint density at radius 1 is 1.15 bits per heavy atom. The highest BCUT2D eigenvalue weighted by Crippen LogP contribution is 2.29. The van der Waals surface area contributed by atoms with Gasteiger partial charge in [0.2, 0.25) is 21.9 Å². The van der Waals surface area contributed by atoms with E-state index in [-0.39, 0.29) is 28.7 Å². The zero-order chi connectivity index (χ0) is 24.8. The van der Waals surface area contributed by atoms with Crippen LogP contribution in [-0.2, 0) is 26.2 Å². The molecule has 13 nitrogen and oxygen atoms in total. The second-order valence-electron chi connectivity index (χ2n) is 6.76. The van der Waals surface area contributed by atoms with Crippen LogP contribution in [0.5, 0.6) is 11.5 Å². The van der Waals surface area contributed by atoms with Gasteiger partial charge in [0.25, 0.3) is 5.56 Å². The van der Waals surface area contributed by atoms with Gasteiger partial charge in [-0.25, -0.2) is 13.1 Å². The molecule has 1 amide bonds. The van der Waals surface area contributed by atoms with Crippen molar-refractivity contribution in [3.05, 3.63) is 52.4 Å². The van der Waals surface area contributed by atoms with Crippen molar-refractivity contribution in [1.29, 1.82) is 0 Å². The van der Waals surface area contributed by atoms with Crippen LogP contribution in [-0.4, -0.2) is 45.2 Å². The predicted molar refractivity (Wildman–Crippen MR) is 119 cm³/mol. The number of carbonyl (C=O) groups excluding carboxylic acids is 1. The van der Waals surface area contributed by atoms with Crippen LogP contribution >= 0.6 is 0 Å². The van der Waals surface area contributed by atoms with Crippen LogP contribution in [0.15, 0.2) is 51.4 Å². The molecule has 2 rings (SSSR count). The number of pyridine rings is 1. The summed E-state index contributed by atoms with van der Waals surface area (Å²) in [5.41, 5.74) is 15.3. The zero-order valence-electron chi connectivity index (χ0n) is 18.2. The molecule has 7 N–H and O–H groups in total. The van der Waals surface area contributed by atoms with Crippen LogP contribution < -0.4 is 37.0 Å². The molecule has 1 heterocycles. The summed E-state index contributed by atoms with van der Waals surface area (Å²) in [6.07, 6.45) is 0.320. The highest BCUT2D eigenvalue weighted by atomic mass is 32.2. The Morgan fingerprint density at radius 2 is 1.82 bits per heavy atom. The van der Waals surface area contributed by atoms with E-state index in [1.807, 2.05) is 0 Å². The number of hydrogen-bond donors (Lipinski definition) is 4. The van der Waals surface area contributed by atoms with Crippen molar-refractivity contribution in [3.63, 3.8) is 0 Å². The minimum absolute atomic E-state index is 0.0573. The number of amides is 1. The number of benzene rings is 1.